The van der Waals surface area contributed by atoms with Gasteiger partial charge in [0.15, 0.2) is 11.6 Å². The number of esters is 1. The number of aliphatic imine (C=N–C) groups is 1. The lowest BCUT2D eigenvalue weighted by molar-refractivity contribution is -0.155. The lowest BCUT2D eigenvalue weighted by atomic mass is 9.83. The van der Waals surface area contributed by atoms with Gasteiger partial charge in [-0.05, 0) is 87.7 Å². The predicted octanol–water partition coefficient (Wildman–Crippen LogP) is 5.47. The van der Waals surface area contributed by atoms with Crippen molar-refractivity contribution in [3.8, 4) is 17.2 Å². The van der Waals surface area contributed by atoms with E-state index in [1.165, 1.54) is 0 Å². The number of benzene rings is 3. The van der Waals surface area contributed by atoms with E-state index in [-0.39, 0.29) is 25.3 Å². The van der Waals surface area contributed by atoms with Crippen molar-refractivity contribution < 1.29 is 38.4 Å². The molecule has 0 aliphatic carbocycles. The van der Waals surface area contributed by atoms with E-state index in [4.69, 9.17) is 33.8 Å². The molecule has 4 rings (SSSR count). The molecule has 258 valence electrons. The first-order chi connectivity index (χ1) is 23.0. The number of rotatable bonds is 16. The molecule has 3 aromatic carbocycles. The van der Waals surface area contributed by atoms with Gasteiger partial charge in [0, 0.05) is 41.6 Å². The van der Waals surface area contributed by atoms with E-state index in [9.17, 15) is 9.59 Å². The maximum atomic E-state index is 14.4. The fourth-order valence-corrected chi connectivity index (χ4v) is 5.74. The topological polar surface area (TPSA) is 137 Å². The van der Waals surface area contributed by atoms with Gasteiger partial charge in [-0.2, -0.15) is 0 Å². The highest BCUT2D eigenvalue weighted by molar-refractivity contribution is 9.10. The molecule has 48 heavy (non-hydrogen) atoms. The molecule has 11 nitrogen and oxygen atoms in total. The van der Waals surface area contributed by atoms with E-state index < -0.39 is 29.1 Å². The second kappa shape index (κ2) is 16.8. The number of hydrazine groups is 1. The van der Waals surface area contributed by atoms with Crippen molar-refractivity contribution in [1.29, 1.82) is 0 Å². The van der Waals surface area contributed by atoms with Gasteiger partial charge in [-0.25, -0.2) is 10.4 Å². The summed E-state index contributed by atoms with van der Waals surface area (Å²) in [6, 6.07) is 20.2. The third kappa shape index (κ3) is 9.48. The highest BCUT2D eigenvalue weighted by Gasteiger charge is 2.54. The van der Waals surface area contributed by atoms with E-state index in [2.05, 4.69) is 26.8 Å². The summed E-state index contributed by atoms with van der Waals surface area (Å²) in [7, 11) is 3.20. The Morgan fingerprint density at radius 2 is 1.75 bits per heavy atom. The Labute approximate surface area is 290 Å². The number of methoxy groups -OCH3 is 2. The van der Waals surface area contributed by atoms with Crippen molar-refractivity contribution >= 4 is 33.7 Å². The van der Waals surface area contributed by atoms with Crippen LogP contribution in [0.15, 0.2) is 76.2 Å². The molecular weight excluding hydrogens is 682 g/mol. The number of carbonyl (C=O) groups is 2. The van der Waals surface area contributed by atoms with E-state index in [0.717, 1.165) is 10.0 Å². The van der Waals surface area contributed by atoms with Crippen molar-refractivity contribution in [2.24, 2.45) is 4.99 Å². The van der Waals surface area contributed by atoms with Gasteiger partial charge in [0.1, 0.15) is 22.8 Å². The summed E-state index contributed by atoms with van der Waals surface area (Å²) in [6.07, 6.45) is 0.0891. The molecule has 1 aliphatic heterocycles. The summed E-state index contributed by atoms with van der Waals surface area (Å²) in [5, 5.41) is 9.07. The lowest BCUT2D eigenvalue weighted by Gasteiger charge is -2.31. The highest BCUT2D eigenvalue weighted by Crippen LogP contribution is 2.45. The fraction of sp³-hybridized carbons (Fsp3) is 0.417. The first-order valence-electron chi connectivity index (χ1n) is 15.8. The number of nitrogens with one attached hydrogen (secondary N) is 2. The molecule has 0 spiro atoms. The number of hydrogen-bond acceptors (Lipinski definition) is 10. The maximum Gasteiger partial charge on any atom is 0.306 e. The molecule has 1 heterocycles. The number of ether oxygens (including phenoxy) is 5. The Morgan fingerprint density at radius 1 is 1.02 bits per heavy atom. The minimum Gasteiger partial charge on any atom is -0.497 e. The maximum absolute atomic E-state index is 14.4. The average molecular weight is 727 g/mol. The Hall–Kier alpha value is -4.13. The van der Waals surface area contributed by atoms with Crippen molar-refractivity contribution in [2.45, 2.75) is 63.7 Å². The number of amides is 1. The van der Waals surface area contributed by atoms with Crippen LogP contribution in [-0.2, 0) is 25.5 Å². The van der Waals surface area contributed by atoms with Crippen LogP contribution in [0.1, 0.15) is 62.8 Å². The van der Waals surface area contributed by atoms with Crippen LogP contribution in [0.25, 0.3) is 0 Å². The van der Waals surface area contributed by atoms with Crippen LogP contribution in [0, 0.1) is 0 Å². The second-order valence-corrected chi connectivity index (χ2v) is 13.1. The van der Waals surface area contributed by atoms with Crippen LogP contribution in [0.5, 0.6) is 17.2 Å². The molecule has 3 N–H and O–H groups in total. The van der Waals surface area contributed by atoms with E-state index >= 15 is 0 Å². The molecule has 0 aromatic heterocycles. The average Bonchev–Trinajstić information content (AvgIpc) is 3.46. The normalized spacial score (nSPS) is 17.2. The Morgan fingerprint density at radius 3 is 2.42 bits per heavy atom. The number of halogens is 1. The zero-order valence-corrected chi connectivity index (χ0v) is 29.6. The second-order valence-electron chi connectivity index (χ2n) is 12.2. The van der Waals surface area contributed by atoms with Crippen LogP contribution in [-0.4, -0.2) is 68.0 Å². The molecule has 0 unspecified atom stereocenters. The molecule has 0 radical (unpaired) electrons. The summed E-state index contributed by atoms with van der Waals surface area (Å²) >= 11 is 3.63. The van der Waals surface area contributed by atoms with Crippen molar-refractivity contribution in [3.63, 3.8) is 0 Å². The highest BCUT2D eigenvalue weighted by atomic mass is 79.9. The van der Waals surface area contributed by atoms with Gasteiger partial charge < -0.3 is 28.8 Å². The molecule has 0 saturated heterocycles. The van der Waals surface area contributed by atoms with Gasteiger partial charge in [0.2, 0.25) is 5.90 Å². The third-order valence-electron chi connectivity index (χ3n) is 7.56. The third-order valence-corrected chi connectivity index (χ3v) is 8.28. The number of aliphatic hydroxyl groups is 1. The minimum atomic E-state index is -1.55. The molecule has 0 bridgehead atoms. The van der Waals surface area contributed by atoms with Crippen LogP contribution in [0.3, 0.4) is 0 Å². The summed E-state index contributed by atoms with van der Waals surface area (Å²) in [6.45, 7) is 6.17. The summed E-state index contributed by atoms with van der Waals surface area (Å²) in [5.74, 6) is 1.35. The SMILES string of the molecule is COc1ccc(OC)c(CCNNC(=O)[C@@]2(CCC(=O)OC(C)(C)C)N=C(c3ccc(OCCCO)cc3)O[C@H]2c2ccccc2Br)c1. The Bertz CT molecular complexity index is 1570. The fourth-order valence-electron chi connectivity index (χ4n) is 5.25. The summed E-state index contributed by atoms with van der Waals surface area (Å²) < 4.78 is 29.4. The number of carbonyl (C=O) groups excluding carboxylic acids is 2. The minimum absolute atomic E-state index is 0.0109. The molecule has 2 atom stereocenters. The number of aliphatic hydroxyl groups excluding tert-OH is 1. The van der Waals surface area contributed by atoms with Crippen LogP contribution < -0.4 is 25.1 Å². The Balaban J connectivity index is 1.65. The summed E-state index contributed by atoms with van der Waals surface area (Å²) in [4.78, 5) is 32.3. The summed E-state index contributed by atoms with van der Waals surface area (Å²) in [5.41, 5.74) is 5.87. The molecule has 3 aromatic rings. The van der Waals surface area contributed by atoms with Crippen LogP contribution >= 0.6 is 15.9 Å². The van der Waals surface area contributed by atoms with Crippen LogP contribution in [0.4, 0.5) is 0 Å². The lowest BCUT2D eigenvalue weighted by Crippen LogP contribution is -2.53. The number of hydrogen-bond donors (Lipinski definition) is 3. The first kappa shape index (κ1) is 36.7. The van der Waals surface area contributed by atoms with Gasteiger partial charge >= 0.3 is 5.97 Å². The monoisotopic (exact) mass is 725 g/mol. The van der Waals surface area contributed by atoms with Gasteiger partial charge in [-0.1, -0.05) is 34.1 Å². The first-order valence-corrected chi connectivity index (χ1v) is 16.6. The largest absolute Gasteiger partial charge is 0.497 e. The van der Waals surface area contributed by atoms with Gasteiger partial charge in [0.05, 0.1) is 20.8 Å². The van der Waals surface area contributed by atoms with E-state index in [0.29, 0.717) is 54.4 Å². The molecule has 0 fully saturated rings. The van der Waals surface area contributed by atoms with Gasteiger partial charge in [-0.3, -0.25) is 15.0 Å². The molecule has 12 heteroatoms. The van der Waals surface area contributed by atoms with Crippen molar-refractivity contribution in [1.82, 2.24) is 10.9 Å². The zero-order valence-electron chi connectivity index (χ0n) is 28.0. The van der Waals surface area contributed by atoms with E-state index in [1.54, 1.807) is 59.3 Å². The molecule has 1 amide bonds. The van der Waals surface area contributed by atoms with Crippen molar-refractivity contribution in [3.05, 3.63) is 87.9 Å². The zero-order chi connectivity index (χ0) is 34.7. The van der Waals surface area contributed by atoms with Gasteiger partial charge in [0.25, 0.3) is 5.91 Å². The smallest absolute Gasteiger partial charge is 0.306 e. The predicted molar refractivity (Wildman–Crippen MR) is 185 cm³/mol. The van der Waals surface area contributed by atoms with Gasteiger partial charge in [-0.15, -0.1) is 0 Å². The van der Waals surface area contributed by atoms with Crippen LogP contribution in [0.2, 0.25) is 0 Å². The molecule has 1 aliphatic rings. The number of nitrogens with zero attached hydrogens (tertiary/aromatic N) is 1. The van der Waals surface area contributed by atoms with Crippen molar-refractivity contribution in [2.75, 3.05) is 34.0 Å². The quantitative estimate of drug-likeness (QED) is 0.0998. The molecule has 0 saturated carbocycles. The standard InChI is InChI=1S/C36H44BrN3O8/c1-35(2,3)48-31(42)17-19-36(34(43)40-38-20-18-25-23-27(44-4)15-16-30(25)45-5)32(28-9-6-7-10-29(28)37)47-33(39-36)24-11-13-26(14-12-24)46-22-8-21-41/h6-7,9-16,23,32,38,41H,8,17-22H2,1-5H3,(H,40,43)/t32-,36-/m0/s1. The molecular formula is C36H44BrN3O8. The Kier molecular flexibility index (Phi) is 12.9. The van der Waals surface area contributed by atoms with E-state index in [1.807, 2.05) is 42.5 Å².